The lowest BCUT2D eigenvalue weighted by molar-refractivity contribution is -0.141. The molecule has 0 radical (unpaired) electrons. The van der Waals surface area contributed by atoms with E-state index in [1.165, 1.54) is 14.2 Å². The molecule has 0 bridgehead atoms. The van der Waals surface area contributed by atoms with Gasteiger partial charge in [-0.15, -0.1) is 0 Å². The molecule has 2 aliphatic heterocycles. The quantitative estimate of drug-likeness (QED) is 0.120. The molecule has 6 N–H and O–H groups in total. The zero-order valence-corrected chi connectivity index (χ0v) is 26.9. The Morgan fingerprint density at radius 3 is 2.07 bits per heavy atom. The van der Waals surface area contributed by atoms with E-state index in [0.717, 1.165) is 87.9 Å². The number of carbonyl (C=O) groups is 2. The van der Waals surface area contributed by atoms with Crippen molar-refractivity contribution in [3.05, 3.63) is 41.0 Å². The zero-order chi connectivity index (χ0) is 32.5. The average Bonchev–Trinajstić information content (AvgIpc) is 3.68. The molecule has 4 unspecified atom stereocenters. The van der Waals surface area contributed by atoms with E-state index in [0.29, 0.717) is 17.9 Å². The molecule has 1 aliphatic carbocycles. The molecule has 1 fully saturated rings. The molecule has 0 saturated carbocycles. The van der Waals surface area contributed by atoms with Gasteiger partial charge in [0, 0.05) is 18.3 Å². The second kappa shape index (κ2) is 16.2. The van der Waals surface area contributed by atoms with E-state index in [2.05, 4.69) is 16.0 Å². The van der Waals surface area contributed by atoms with E-state index in [9.17, 15) is 14.7 Å². The second-order valence-electron chi connectivity index (χ2n) is 12.1. The van der Waals surface area contributed by atoms with E-state index >= 15 is 0 Å². The Hall–Kier alpha value is -3.74. The predicted octanol–water partition coefficient (Wildman–Crippen LogP) is 3.10. The van der Waals surface area contributed by atoms with E-state index in [1.807, 2.05) is 12.1 Å². The molecular weight excluding hydrogens is 592 g/mol. The van der Waals surface area contributed by atoms with Crippen molar-refractivity contribution in [3.63, 3.8) is 0 Å². The van der Waals surface area contributed by atoms with Gasteiger partial charge in [0.1, 0.15) is 0 Å². The number of ether oxygens (including phenoxy) is 5. The normalized spacial score (nSPS) is 21.0. The number of amides is 1. The van der Waals surface area contributed by atoms with Gasteiger partial charge in [0.05, 0.1) is 32.8 Å². The lowest BCUT2D eigenvalue weighted by atomic mass is 9.65. The molecule has 12 nitrogen and oxygen atoms in total. The number of nitrogens with one attached hydrogen (secondary N) is 3. The Morgan fingerprint density at radius 2 is 1.46 bits per heavy atom. The molecule has 0 spiro atoms. The summed E-state index contributed by atoms with van der Waals surface area (Å²) in [5.74, 6) is -0.249. The minimum absolute atomic E-state index is 0.0705. The van der Waals surface area contributed by atoms with Crippen molar-refractivity contribution in [1.82, 2.24) is 16.0 Å². The number of fused-ring (bicyclic) bond motifs is 3. The molecule has 2 aromatic rings. The first-order valence-electron chi connectivity index (χ1n) is 16.4. The Labute approximate surface area is 270 Å². The fourth-order valence-electron chi connectivity index (χ4n) is 6.77. The molecule has 1 amide bonds. The minimum atomic E-state index is -0.581. The number of unbranched alkanes of at least 4 members (excludes halogenated alkanes) is 3. The van der Waals surface area contributed by atoms with Gasteiger partial charge in [0.25, 0.3) is 0 Å². The van der Waals surface area contributed by atoms with Gasteiger partial charge in [0.2, 0.25) is 18.4 Å². The number of hydrogen-bond acceptors (Lipinski definition) is 11. The first kappa shape index (κ1) is 33.6. The topological polar surface area (TPSA) is 163 Å². The van der Waals surface area contributed by atoms with Crippen LogP contribution in [0.1, 0.15) is 73.6 Å². The smallest absolute Gasteiger partial charge is 0.310 e. The zero-order valence-electron chi connectivity index (χ0n) is 26.9. The Bertz CT molecular complexity index is 1330. The summed E-state index contributed by atoms with van der Waals surface area (Å²) in [6, 6.07) is 6.78. The third-order valence-corrected chi connectivity index (χ3v) is 9.14. The Morgan fingerprint density at radius 1 is 0.870 bits per heavy atom. The number of hydrogen-bond donors (Lipinski definition) is 5. The van der Waals surface area contributed by atoms with Crippen LogP contribution in [0.3, 0.4) is 0 Å². The summed E-state index contributed by atoms with van der Waals surface area (Å²) in [6.45, 7) is 4.89. The van der Waals surface area contributed by atoms with E-state index < -0.39 is 17.9 Å². The van der Waals surface area contributed by atoms with Crippen LogP contribution in [0, 0.1) is 11.8 Å². The number of cyclic esters (lactones) is 1. The highest BCUT2D eigenvalue weighted by molar-refractivity contribution is 5.81. The lowest BCUT2D eigenvalue weighted by Crippen LogP contribution is -2.42. The van der Waals surface area contributed by atoms with Crippen molar-refractivity contribution in [3.8, 4) is 28.7 Å². The fourth-order valence-corrected chi connectivity index (χ4v) is 6.77. The molecular formula is C34H48N4O8. The summed E-state index contributed by atoms with van der Waals surface area (Å²) in [5, 5.41) is 20.7. The Kier molecular flexibility index (Phi) is 11.8. The van der Waals surface area contributed by atoms with Crippen LogP contribution in [0.2, 0.25) is 0 Å². The number of methoxy groups -OCH3 is 2. The monoisotopic (exact) mass is 640 g/mol. The highest BCUT2D eigenvalue weighted by atomic mass is 16.7. The molecule has 3 aliphatic rings. The summed E-state index contributed by atoms with van der Waals surface area (Å²) in [6.07, 6.45) is 6.45. The van der Waals surface area contributed by atoms with Gasteiger partial charge >= 0.3 is 5.97 Å². The molecule has 252 valence electrons. The van der Waals surface area contributed by atoms with Crippen LogP contribution < -0.4 is 40.6 Å². The molecule has 2 aromatic carbocycles. The number of phenolic OH excluding ortho intramolecular Hbond substituents is 1. The van der Waals surface area contributed by atoms with Crippen molar-refractivity contribution in [2.24, 2.45) is 17.6 Å². The number of rotatable bonds is 18. The lowest BCUT2D eigenvalue weighted by Gasteiger charge is -2.39. The maximum absolute atomic E-state index is 13.3. The fraction of sp³-hybridized carbons (Fsp3) is 0.588. The molecule has 5 rings (SSSR count). The second-order valence-corrected chi connectivity index (χ2v) is 12.1. The number of benzene rings is 2. The first-order chi connectivity index (χ1) is 22.5. The maximum Gasteiger partial charge on any atom is 0.310 e. The Balaban J connectivity index is 1.23. The number of phenols is 1. The predicted molar refractivity (Wildman–Crippen MR) is 172 cm³/mol. The SMILES string of the molecule is COc1cc(C2c3cc4c(cc3C(NC(=O)CCCCNCCCCNCCCCN)C3COC(=O)C23)OCO4)cc(OC)c1O. The largest absolute Gasteiger partial charge is 0.502 e. The van der Waals surface area contributed by atoms with Crippen molar-refractivity contribution in [2.45, 2.75) is 56.9 Å². The number of aromatic hydroxyl groups is 1. The van der Waals surface area contributed by atoms with Crippen LogP contribution in [0.5, 0.6) is 28.7 Å². The third kappa shape index (κ3) is 7.62. The average molecular weight is 641 g/mol. The van der Waals surface area contributed by atoms with Gasteiger partial charge in [-0.05, 0) is 112 Å². The van der Waals surface area contributed by atoms with Crippen LogP contribution >= 0.6 is 0 Å². The number of esters is 1. The van der Waals surface area contributed by atoms with Crippen LogP contribution in [0.4, 0.5) is 0 Å². The molecule has 4 atom stereocenters. The summed E-state index contributed by atoms with van der Waals surface area (Å²) in [7, 11) is 2.93. The van der Waals surface area contributed by atoms with E-state index in [4.69, 9.17) is 29.4 Å². The summed E-state index contributed by atoms with van der Waals surface area (Å²) < 4.78 is 27.9. The molecule has 2 heterocycles. The molecule has 12 heteroatoms. The summed E-state index contributed by atoms with van der Waals surface area (Å²) in [5.41, 5.74) is 7.91. The molecule has 46 heavy (non-hydrogen) atoms. The van der Waals surface area contributed by atoms with Crippen molar-refractivity contribution in [2.75, 3.05) is 60.3 Å². The highest BCUT2D eigenvalue weighted by Crippen LogP contribution is 2.55. The third-order valence-electron chi connectivity index (χ3n) is 9.14. The molecule has 1 saturated heterocycles. The summed E-state index contributed by atoms with van der Waals surface area (Å²) >= 11 is 0. The van der Waals surface area contributed by atoms with Gasteiger partial charge in [-0.2, -0.15) is 0 Å². The van der Waals surface area contributed by atoms with E-state index in [1.54, 1.807) is 12.1 Å². The van der Waals surface area contributed by atoms with Crippen molar-refractivity contribution < 1.29 is 38.4 Å². The highest BCUT2D eigenvalue weighted by Gasteiger charge is 2.53. The standard InChI is InChI=1S/C34H48N4O8/c1-42-27-15-21(16-28(43-2)33(27)40)30-22-17-25-26(46-20-45-25)18-23(22)32(24-19-44-34(41)31(24)30)38-29(39)9-3-5-11-36-13-7-8-14-37-12-6-4-10-35/h15-18,24,30-32,36-37,40H,3-14,19-20,35H2,1-2H3,(H,38,39). The van der Waals surface area contributed by atoms with Crippen molar-refractivity contribution in [1.29, 1.82) is 0 Å². The molecule has 0 aromatic heterocycles. The van der Waals surface area contributed by atoms with Crippen LogP contribution in [-0.4, -0.2) is 77.3 Å². The van der Waals surface area contributed by atoms with Crippen LogP contribution in [0.25, 0.3) is 0 Å². The maximum atomic E-state index is 13.3. The minimum Gasteiger partial charge on any atom is -0.502 e. The van der Waals surface area contributed by atoms with Crippen LogP contribution in [0.15, 0.2) is 24.3 Å². The van der Waals surface area contributed by atoms with Gasteiger partial charge in [-0.25, -0.2) is 0 Å². The number of carbonyl (C=O) groups excluding carboxylic acids is 2. The van der Waals surface area contributed by atoms with Crippen LogP contribution in [-0.2, 0) is 14.3 Å². The van der Waals surface area contributed by atoms with Gasteiger partial charge in [-0.1, -0.05) is 0 Å². The van der Waals surface area contributed by atoms with Gasteiger partial charge in [-0.3, -0.25) is 9.59 Å². The van der Waals surface area contributed by atoms with Gasteiger partial charge < -0.3 is 50.5 Å². The van der Waals surface area contributed by atoms with Gasteiger partial charge in [0.15, 0.2) is 23.0 Å². The summed E-state index contributed by atoms with van der Waals surface area (Å²) in [4.78, 5) is 26.6. The van der Waals surface area contributed by atoms with E-state index in [-0.39, 0.29) is 48.4 Å². The van der Waals surface area contributed by atoms with Crippen molar-refractivity contribution >= 4 is 11.9 Å². The first-order valence-corrected chi connectivity index (χ1v) is 16.4. The number of nitrogens with two attached hydrogens (primary N) is 1.